The zero-order valence-electron chi connectivity index (χ0n) is 19.0. The Hall–Kier alpha value is -3.28. The Morgan fingerprint density at radius 2 is 1.88 bits per heavy atom. The van der Waals surface area contributed by atoms with Crippen LogP contribution in [0.3, 0.4) is 0 Å². The molecule has 1 unspecified atom stereocenters. The number of benzene rings is 2. The number of hydrogen-bond donors (Lipinski definition) is 2. The second-order valence-corrected chi connectivity index (χ2v) is 8.06. The number of unbranched alkanes of at least 4 members (excludes halogenated alkanes) is 1. The van der Waals surface area contributed by atoms with Crippen molar-refractivity contribution >= 4 is 23.6 Å². The fraction of sp³-hybridized carbons (Fsp3) is 0.385. The first-order valence-electron chi connectivity index (χ1n) is 11.2. The summed E-state index contributed by atoms with van der Waals surface area (Å²) in [5.41, 5.74) is 2.59. The first kappa shape index (κ1) is 23.4. The number of hydrogen-bond acceptors (Lipinski definition) is 4. The van der Waals surface area contributed by atoms with Crippen LogP contribution < -0.4 is 20.1 Å². The van der Waals surface area contributed by atoms with E-state index in [9.17, 15) is 9.59 Å². The molecule has 2 aromatic rings. The molecule has 0 radical (unpaired) electrons. The van der Waals surface area contributed by atoms with E-state index in [0.717, 1.165) is 42.5 Å². The maximum absolute atomic E-state index is 12.4. The minimum atomic E-state index is -0.189. The normalized spacial score (nSPS) is 14.1. The molecule has 0 heterocycles. The van der Waals surface area contributed by atoms with Crippen molar-refractivity contribution in [2.24, 2.45) is 5.92 Å². The van der Waals surface area contributed by atoms with Gasteiger partial charge >= 0.3 is 0 Å². The Morgan fingerprint density at radius 1 is 1.12 bits per heavy atom. The summed E-state index contributed by atoms with van der Waals surface area (Å²) >= 11 is 0. The van der Waals surface area contributed by atoms with Gasteiger partial charge in [0, 0.05) is 17.7 Å². The second kappa shape index (κ2) is 11.4. The van der Waals surface area contributed by atoms with Gasteiger partial charge in [-0.2, -0.15) is 0 Å². The molecule has 0 bridgehead atoms. The average molecular weight is 437 g/mol. The highest BCUT2D eigenvalue weighted by Crippen LogP contribution is 2.30. The highest BCUT2D eigenvalue weighted by molar-refractivity contribution is 5.94. The summed E-state index contributed by atoms with van der Waals surface area (Å²) in [6.07, 6.45) is 7.26. The fourth-order valence-corrected chi connectivity index (χ4v) is 3.20. The van der Waals surface area contributed by atoms with Crippen molar-refractivity contribution in [3.8, 4) is 11.5 Å². The van der Waals surface area contributed by atoms with Gasteiger partial charge in [0.05, 0.1) is 19.8 Å². The molecule has 2 aromatic carbocycles. The topological polar surface area (TPSA) is 76.7 Å². The van der Waals surface area contributed by atoms with Crippen molar-refractivity contribution in [2.45, 2.75) is 45.6 Å². The van der Waals surface area contributed by atoms with E-state index in [4.69, 9.17) is 9.47 Å². The van der Waals surface area contributed by atoms with Crippen molar-refractivity contribution in [3.63, 3.8) is 0 Å². The maximum atomic E-state index is 12.4. The zero-order valence-corrected chi connectivity index (χ0v) is 19.0. The molecular formula is C26H32N2O4. The standard InChI is InChI=1S/C26H32N2O4/c1-4-5-16-32-23-14-6-19(17-24(23)31-3)7-15-25(29)27-18(2)20-10-12-22(13-11-20)28-26(30)21-8-9-21/h6-7,10-15,17-18,21H,4-5,8-9,16H2,1-3H3,(H,27,29)(H,28,30)/b15-7+. The lowest BCUT2D eigenvalue weighted by atomic mass is 10.1. The predicted molar refractivity (Wildman–Crippen MR) is 127 cm³/mol. The van der Waals surface area contributed by atoms with Gasteiger partial charge in [-0.1, -0.05) is 31.5 Å². The smallest absolute Gasteiger partial charge is 0.244 e. The highest BCUT2D eigenvalue weighted by atomic mass is 16.5. The van der Waals surface area contributed by atoms with Gasteiger partial charge in [0.2, 0.25) is 11.8 Å². The predicted octanol–water partition coefficient (Wildman–Crippen LogP) is 5.11. The molecule has 3 rings (SSSR count). The lowest BCUT2D eigenvalue weighted by Crippen LogP contribution is -2.24. The molecule has 170 valence electrons. The Labute approximate surface area is 190 Å². The van der Waals surface area contributed by atoms with Crippen molar-refractivity contribution in [3.05, 3.63) is 59.7 Å². The third-order valence-corrected chi connectivity index (χ3v) is 5.36. The molecule has 1 aliphatic rings. The number of nitrogens with one attached hydrogen (secondary N) is 2. The van der Waals surface area contributed by atoms with Crippen LogP contribution in [0.1, 0.15) is 56.7 Å². The van der Waals surface area contributed by atoms with Gasteiger partial charge in [-0.05, 0) is 67.7 Å². The van der Waals surface area contributed by atoms with Gasteiger partial charge in [-0.15, -0.1) is 0 Å². The van der Waals surface area contributed by atoms with Crippen LogP contribution in [-0.4, -0.2) is 25.5 Å². The Morgan fingerprint density at radius 3 is 2.53 bits per heavy atom. The molecule has 0 aliphatic heterocycles. The SMILES string of the molecule is CCCCOc1ccc(/C=C/C(=O)NC(C)c2ccc(NC(=O)C3CC3)cc2)cc1OC. The number of rotatable bonds is 11. The number of carbonyl (C=O) groups is 2. The molecule has 2 N–H and O–H groups in total. The molecule has 1 aliphatic carbocycles. The van der Waals surface area contributed by atoms with Gasteiger partial charge in [0.25, 0.3) is 0 Å². The third kappa shape index (κ3) is 6.87. The number of ether oxygens (including phenoxy) is 2. The van der Waals surface area contributed by atoms with E-state index in [0.29, 0.717) is 18.1 Å². The molecule has 6 nitrogen and oxygen atoms in total. The summed E-state index contributed by atoms with van der Waals surface area (Å²) in [6, 6.07) is 13.0. The molecule has 1 atom stereocenters. The first-order valence-corrected chi connectivity index (χ1v) is 11.2. The molecule has 1 fully saturated rings. The van der Waals surface area contributed by atoms with Crippen LogP contribution in [-0.2, 0) is 9.59 Å². The van der Waals surface area contributed by atoms with Crippen molar-refractivity contribution in [2.75, 3.05) is 19.0 Å². The molecule has 0 aromatic heterocycles. The summed E-state index contributed by atoms with van der Waals surface area (Å²) in [5.74, 6) is 1.41. The van der Waals surface area contributed by atoms with E-state index < -0.39 is 0 Å². The van der Waals surface area contributed by atoms with Crippen LogP contribution in [0.25, 0.3) is 6.08 Å². The summed E-state index contributed by atoms with van der Waals surface area (Å²) in [6.45, 7) is 4.69. The van der Waals surface area contributed by atoms with Gasteiger partial charge in [0.15, 0.2) is 11.5 Å². The van der Waals surface area contributed by atoms with Gasteiger partial charge in [0.1, 0.15) is 0 Å². The van der Waals surface area contributed by atoms with E-state index >= 15 is 0 Å². The molecule has 6 heteroatoms. The van der Waals surface area contributed by atoms with Crippen LogP contribution in [0.5, 0.6) is 11.5 Å². The van der Waals surface area contributed by atoms with Crippen molar-refractivity contribution in [1.29, 1.82) is 0 Å². The molecule has 32 heavy (non-hydrogen) atoms. The number of carbonyl (C=O) groups excluding carboxylic acids is 2. The summed E-state index contributed by atoms with van der Waals surface area (Å²) < 4.78 is 11.2. The fourth-order valence-electron chi connectivity index (χ4n) is 3.20. The molecule has 0 saturated heterocycles. The van der Waals surface area contributed by atoms with Crippen molar-refractivity contribution in [1.82, 2.24) is 5.32 Å². The maximum Gasteiger partial charge on any atom is 0.244 e. The molecule has 2 amide bonds. The largest absolute Gasteiger partial charge is 0.493 e. The lowest BCUT2D eigenvalue weighted by molar-refractivity contribution is -0.118. The van der Waals surface area contributed by atoms with E-state index in [1.165, 1.54) is 6.08 Å². The van der Waals surface area contributed by atoms with E-state index in [-0.39, 0.29) is 23.8 Å². The monoisotopic (exact) mass is 436 g/mol. The quantitative estimate of drug-likeness (QED) is 0.379. The summed E-state index contributed by atoms with van der Waals surface area (Å²) in [4.78, 5) is 24.2. The third-order valence-electron chi connectivity index (χ3n) is 5.36. The number of methoxy groups -OCH3 is 1. The number of amides is 2. The Balaban J connectivity index is 1.53. The van der Waals surface area contributed by atoms with E-state index in [2.05, 4.69) is 17.6 Å². The second-order valence-electron chi connectivity index (χ2n) is 8.06. The highest BCUT2D eigenvalue weighted by Gasteiger charge is 2.29. The van der Waals surface area contributed by atoms with Crippen LogP contribution in [0, 0.1) is 5.92 Å². The van der Waals surface area contributed by atoms with Crippen LogP contribution in [0.2, 0.25) is 0 Å². The zero-order chi connectivity index (χ0) is 22.9. The van der Waals surface area contributed by atoms with Crippen molar-refractivity contribution < 1.29 is 19.1 Å². The first-order chi connectivity index (χ1) is 15.5. The molecule has 0 spiro atoms. The van der Waals surface area contributed by atoms with Crippen LogP contribution in [0.4, 0.5) is 5.69 Å². The Kier molecular flexibility index (Phi) is 8.31. The lowest BCUT2D eigenvalue weighted by Gasteiger charge is -2.14. The van der Waals surface area contributed by atoms with E-state index in [1.54, 1.807) is 13.2 Å². The van der Waals surface area contributed by atoms with Crippen LogP contribution >= 0.6 is 0 Å². The van der Waals surface area contributed by atoms with Gasteiger partial charge in [-0.3, -0.25) is 9.59 Å². The molecular weight excluding hydrogens is 404 g/mol. The average Bonchev–Trinajstić information content (AvgIpc) is 3.64. The minimum absolute atomic E-state index is 0.0847. The number of anilines is 1. The summed E-state index contributed by atoms with van der Waals surface area (Å²) in [7, 11) is 1.60. The minimum Gasteiger partial charge on any atom is -0.493 e. The van der Waals surface area contributed by atoms with E-state index in [1.807, 2.05) is 49.4 Å². The summed E-state index contributed by atoms with van der Waals surface area (Å²) in [5, 5.41) is 5.88. The molecule has 1 saturated carbocycles. The van der Waals surface area contributed by atoms with Crippen LogP contribution in [0.15, 0.2) is 48.5 Å². The van der Waals surface area contributed by atoms with Gasteiger partial charge in [-0.25, -0.2) is 0 Å². The Bertz CT molecular complexity index is 949. The van der Waals surface area contributed by atoms with Gasteiger partial charge < -0.3 is 20.1 Å².